The van der Waals surface area contributed by atoms with Gasteiger partial charge in [-0.3, -0.25) is 0 Å². The van der Waals surface area contributed by atoms with Gasteiger partial charge < -0.3 is 14.6 Å². The van der Waals surface area contributed by atoms with Crippen molar-refractivity contribution in [3.8, 4) is 0 Å². The van der Waals surface area contributed by atoms with Gasteiger partial charge in [0.25, 0.3) is 0 Å². The molecule has 2 aromatic rings. The summed E-state index contributed by atoms with van der Waals surface area (Å²) < 4.78 is 26.8. The zero-order chi connectivity index (χ0) is 19.1. The fourth-order valence-electron chi connectivity index (χ4n) is 3.62. The molecular weight excluding hydrogens is 331 g/mol. The van der Waals surface area contributed by atoms with Gasteiger partial charge in [-0.2, -0.15) is 0 Å². The van der Waals surface area contributed by atoms with Crippen molar-refractivity contribution in [2.45, 2.75) is 76.7 Å². The number of benzene rings is 2. The number of rotatable bonds is 3. The Kier molecular flexibility index (Phi) is 5.13. The number of ether oxygens (including phenoxy) is 2. The summed E-state index contributed by atoms with van der Waals surface area (Å²) in [4.78, 5) is 0. The quantitative estimate of drug-likeness (QED) is 0.840. The van der Waals surface area contributed by atoms with Crippen molar-refractivity contribution in [1.29, 1.82) is 0 Å². The number of alkyl halides is 1. The fraction of sp³-hybridized carbons (Fsp3) is 0.545. The van der Waals surface area contributed by atoms with Crippen molar-refractivity contribution in [3.05, 3.63) is 48.0 Å². The van der Waals surface area contributed by atoms with E-state index in [1.54, 1.807) is 0 Å². The maximum Gasteiger partial charge on any atom is 0.134 e. The molecule has 0 aromatic heterocycles. The van der Waals surface area contributed by atoms with Crippen LogP contribution in [-0.4, -0.2) is 34.7 Å². The predicted octanol–water partition coefficient (Wildman–Crippen LogP) is 4.96. The van der Waals surface area contributed by atoms with Crippen LogP contribution in [0.3, 0.4) is 0 Å². The number of halogens is 1. The molecule has 1 fully saturated rings. The molecule has 1 N–H and O–H groups in total. The van der Waals surface area contributed by atoms with Crippen molar-refractivity contribution in [2.75, 3.05) is 0 Å². The van der Waals surface area contributed by atoms with Crippen molar-refractivity contribution >= 4 is 10.8 Å². The first-order chi connectivity index (χ1) is 12.0. The van der Waals surface area contributed by atoms with E-state index >= 15 is 0 Å². The van der Waals surface area contributed by atoms with Crippen molar-refractivity contribution in [3.63, 3.8) is 0 Å². The first kappa shape index (κ1) is 19.3. The van der Waals surface area contributed by atoms with Gasteiger partial charge in [-0.05, 0) is 57.0 Å². The summed E-state index contributed by atoms with van der Waals surface area (Å²) in [6.07, 6.45) is -2.27. The summed E-state index contributed by atoms with van der Waals surface area (Å²) in [6.45, 7) is 8.71. The molecule has 142 valence electrons. The van der Waals surface area contributed by atoms with Crippen molar-refractivity contribution in [1.82, 2.24) is 0 Å². The first-order valence-corrected chi connectivity index (χ1v) is 9.23. The van der Waals surface area contributed by atoms with Gasteiger partial charge in [0.1, 0.15) is 17.9 Å². The fourth-order valence-corrected chi connectivity index (χ4v) is 3.62. The average molecular weight is 360 g/mol. The maximum absolute atomic E-state index is 14.7. The van der Waals surface area contributed by atoms with Crippen LogP contribution in [0.2, 0.25) is 0 Å². The molecule has 0 aliphatic carbocycles. The van der Waals surface area contributed by atoms with Crippen LogP contribution in [0, 0.1) is 0 Å². The third-order valence-corrected chi connectivity index (χ3v) is 4.78. The van der Waals surface area contributed by atoms with Gasteiger partial charge in [0.05, 0.1) is 17.8 Å². The Hall–Kier alpha value is -1.49. The lowest BCUT2D eigenvalue weighted by Gasteiger charge is -2.45. The monoisotopic (exact) mass is 360 g/mol. The Labute approximate surface area is 155 Å². The molecule has 2 aromatic carbocycles. The molecule has 1 aliphatic rings. The summed E-state index contributed by atoms with van der Waals surface area (Å²) in [6, 6.07) is 14.3. The van der Waals surface area contributed by atoms with Crippen LogP contribution in [-0.2, 0) is 9.47 Å². The van der Waals surface area contributed by atoms with Gasteiger partial charge >= 0.3 is 0 Å². The number of aliphatic hydroxyl groups excluding tert-OH is 1. The normalized spacial score (nSPS) is 27.7. The third kappa shape index (κ3) is 4.25. The van der Waals surface area contributed by atoms with E-state index in [4.69, 9.17) is 9.47 Å². The van der Waals surface area contributed by atoms with Gasteiger partial charge in [0, 0.05) is 6.42 Å². The highest BCUT2D eigenvalue weighted by atomic mass is 19.1. The molecule has 0 saturated carbocycles. The average Bonchev–Trinajstić information content (AvgIpc) is 2.54. The highest BCUT2D eigenvalue weighted by Gasteiger charge is 2.47. The molecule has 0 bridgehead atoms. The summed E-state index contributed by atoms with van der Waals surface area (Å²) in [5, 5.41) is 12.9. The number of fused-ring (bicyclic) bond motifs is 1. The predicted molar refractivity (Wildman–Crippen MR) is 102 cm³/mol. The van der Waals surface area contributed by atoms with E-state index in [9.17, 15) is 9.50 Å². The minimum atomic E-state index is -1.67. The van der Waals surface area contributed by atoms with Crippen molar-refractivity contribution < 1.29 is 19.0 Å². The van der Waals surface area contributed by atoms with E-state index in [2.05, 4.69) is 18.2 Å². The molecular formula is C22H29FO3. The second-order valence-electron chi connectivity index (χ2n) is 8.71. The highest BCUT2D eigenvalue weighted by molar-refractivity contribution is 5.83. The lowest BCUT2D eigenvalue weighted by molar-refractivity contribution is -0.236. The summed E-state index contributed by atoms with van der Waals surface area (Å²) in [5.74, 6) is 0. The van der Waals surface area contributed by atoms with Crippen LogP contribution < -0.4 is 0 Å². The van der Waals surface area contributed by atoms with Gasteiger partial charge in [-0.25, -0.2) is 4.39 Å². The summed E-state index contributed by atoms with van der Waals surface area (Å²) in [7, 11) is 0. The van der Waals surface area contributed by atoms with Crippen LogP contribution >= 0.6 is 0 Å². The minimum Gasteiger partial charge on any atom is -0.388 e. The molecule has 0 spiro atoms. The Morgan fingerprint density at radius 2 is 1.69 bits per heavy atom. The zero-order valence-corrected chi connectivity index (χ0v) is 16.2. The topological polar surface area (TPSA) is 38.7 Å². The molecule has 26 heavy (non-hydrogen) atoms. The van der Waals surface area contributed by atoms with Crippen LogP contribution in [0.5, 0.6) is 0 Å². The number of aliphatic hydroxyl groups is 1. The molecule has 0 radical (unpaired) electrons. The Morgan fingerprint density at radius 1 is 1.04 bits per heavy atom. The van der Waals surface area contributed by atoms with E-state index in [-0.39, 0.29) is 6.10 Å². The van der Waals surface area contributed by atoms with Crippen LogP contribution in [0.1, 0.15) is 52.7 Å². The molecule has 3 rings (SSSR count). The van der Waals surface area contributed by atoms with E-state index in [1.165, 1.54) is 13.8 Å². The lowest BCUT2D eigenvalue weighted by atomic mass is 9.87. The number of hydrogen-bond donors (Lipinski definition) is 1. The van der Waals surface area contributed by atoms with E-state index in [0.29, 0.717) is 6.42 Å². The maximum atomic E-state index is 14.7. The lowest BCUT2D eigenvalue weighted by Crippen LogP contribution is -2.55. The van der Waals surface area contributed by atoms with E-state index in [0.717, 1.165) is 16.3 Å². The van der Waals surface area contributed by atoms with Gasteiger partial charge in [-0.15, -0.1) is 0 Å². The largest absolute Gasteiger partial charge is 0.388 e. The Bertz CT molecular complexity index is 760. The third-order valence-electron chi connectivity index (χ3n) is 4.78. The molecule has 0 amide bonds. The second-order valence-corrected chi connectivity index (χ2v) is 8.71. The van der Waals surface area contributed by atoms with Crippen molar-refractivity contribution in [2.24, 2.45) is 0 Å². The van der Waals surface area contributed by atoms with Crippen LogP contribution in [0.4, 0.5) is 4.39 Å². The Balaban J connectivity index is 1.94. The molecule has 1 saturated heterocycles. The van der Waals surface area contributed by atoms with Gasteiger partial charge in [0.2, 0.25) is 0 Å². The summed E-state index contributed by atoms with van der Waals surface area (Å²) in [5.41, 5.74) is -1.12. The first-order valence-electron chi connectivity index (χ1n) is 9.23. The standard InChI is InChI=1S/C22H29FO3/c1-21(2,3)26-18-13-17(25-20(19(18)24)22(4,5)23)16-11-10-14-8-6-7-9-15(14)12-16/h6-12,17-20,24H,13H2,1-5H3/t17-,18-,19+,20+/m0/s1. The minimum absolute atomic E-state index is 0.324. The van der Waals surface area contributed by atoms with E-state index < -0.39 is 29.6 Å². The highest BCUT2D eigenvalue weighted by Crippen LogP contribution is 2.39. The second kappa shape index (κ2) is 6.91. The van der Waals surface area contributed by atoms with E-state index in [1.807, 2.05) is 45.0 Å². The van der Waals surface area contributed by atoms with Gasteiger partial charge in [0.15, 0.2) is 0 Å². The smallest absolute Gasteiger partial charge is 0.134 e. The molecule has 0 unspecified atom stereocenters. The Morgan fingerprint density at radius 3 is 2.31 bits per heavy atom. The van der Waals surface area contributed by atoms with Crippen LogP contribution in [0.15, 0.2) is 42.5 Å². The number of hydrogen-bond acceptors (Lipinski definition) is 3. The molecule has 1 aliphatic heterocycles. The zero-order valence-electron chi connectivity index (χ0n) is 16.2. The summed E-state index contributed by atoms with van der Waals surface area (Å²) >= 11 is 0. The van der Waals surface area contributed by atoms with Crippen LogP contribution in [0.25, 0.3) is 10.8 Å². The molecule has 4 heteroatoms. The SMILES string of the molecule is CC(C)(C)O[C@H]1C[C@@H](c2ccc3ccccc3c2)O[C@@H](C(C)(C)F)[C@@H]1O. The molecule has 4 atom stereocenters. The molecule has 1 heterocycles. The molecule has 3 nitrogen and oxygen atoms in total. The van der Waals surface area contributed by atoms with Gasteiger partial charge in [-0.1, -0.05) is 36.4 Å².